The second kappa shape index (κ2) is 9.05. The van der Waals surface area contributed by atoms with E-state index >= 15 is 0 Å². The number of carbonyl (C=O) groups is 2. The van der Waals surface area contributed by atoms with Gasteiger partial charge in [0.1, 0.15) is 5.75 Å². The molecule has 0 spiro atoms. The number of nitrogens with zero attached hydrogens (tertiary/aromatic N) is 2. The zero-order valence-electron chi connectivity index (χ0n) is 14.9. The van der Waals surface area contributed by atoms with Crippen LogP contribution in [0.1, 0.15) is 31.8 Å². The minimum atomic E-state index is -0.471. The number of carbonyl (C=O) groups excluding carboxylic acids is 2. The SMILES string of the molecule is Cc1cccc(C(=O)Oc2ccc(Br)cc2/C=N\NC(=O)c2ccncc2)c1. The average Bonchev–Trinajstić information content (AvgIpc) is 2.70. The molecule has 0 atom stereocenters. The molecule has 0 saturated heterocycles. The maximum absolute atomic E-state index is 12.4. The summed E-state index contributed by atoms with van der Waals surface area (Å²) in [5.74, 6) is -0.509. The second-order valence-corrected chi connectivity index (χ2v) is 6.79. The highest BCUT2D eigenvalue weighted by Crippen LogP contribution is 2.23. The van der Waals surface area contributed by atoms with Gasteiger partial charge in [-0.25, -0.2) is 10.2 Å². The van der Waals surface area contributed by atoms with Crippen LogP contribution in [0.2, 0.25) is 0 Å². The highest BCUT2D eigenvalue weighted by molar-refractivity contribution is 9.10. The summed E-state index contributed by atoms with van der Waals surface area (Å²) in [6.07, 6.45) is 4.47. The molecule has 7 heteroatoms. The molecular weight excluding hydrogens is 422 g/mol. The van der Waals surface area contributed by atoms with Gasteiger partial charge in [0, 0.05) is 28.0 Å². The van der Waals surface area contributed by atoms with Gasteiger partial charge in [0.15, 0.2) is 0 Å². The van der Waals surface area contributed by atoms with Crippen molar-refractivity contribution in [1.29, 1.82) is 0 Å². The Labute approximate surface area is 170 Å². The summed E-state index contributed by atoms with van der Waals surface area (Å²) in [4.78, 5) is 28.3. The first-order chi connectivity index (χ1) is 13.5. The Bertz CT molecular complexity index is 1040. The predicted molar refractivity (Wildman–Crippen MR) is 110 cm³/mol. The zero-order chi connectivity index (χ0) is 19.9. The third-order valence-corrected chi connectivity index (χ3v) is 4.23. The van der Waals surface area contributed by atoms with Crippen LogP contribution in [0.25, 0.3) is 0 Å². The Balaban J connectivity index is 1.75. The van der Waals surface area contributed by atoms with E-state index in [-0.39, 0.29) is 5.91 Å². The van der Waals surface area contributed by atoms with Gasteiger partial charge >= 0.3 is 5.97 Å². The number of rotatable bonds is 5. The van der Waals surface area contributed by atoms with Crippen molar-refractivity contribution >= 4 is 34.0 Å². The molecule has 1 amide bonds. The summed E-state index contributed by atoms with van der Waals surface area (Å²) in [5, 5.41) is 3.96. The third-order valence-electron chi connectivity index (χ3n) is 3.74. The van der Waals surface area contributed by atoms with E-state index in [4.69, 9.17) is 4.74 Å². The van der Waals surface area contributed by atoms with Crippen molar-refractivity contribution < 1.29 is 14.3 Å². The van der Waals surface area contributed by atoms with Crippen LogP contribution in [-0.2, 0) is 0 Å². The van der Waals surface area contributed by atoms with E-state index in [2.05, 4.69) is 31.4 Å². The molecule has 0 unspecified atom stereocenters. The maximum Gasteiger partial charge on any atom is 0.343 e. The van der Waals surface area contributed by atoms with Gasteiger partial charge in [-0.1, -0.05) is 33.6 Å². The summed E-state index contributed by atoms with van der Waals surface area (Å²) in [5.41, 5.74) is 4.82. The smallest absolute Gasteiger partial charge is 0.343 e. The number of aryl methyl sites for hydroxylation is 1. The number of amides is 1. The van der Waals surface area contributed by atoms with Crippen LogP contribution in [0.3, 0.4) is 0 Å². The highest BCUT2D eigenvalue weighted by atomic mass is 79.9. The van der Waals surface area contributed by atoms with E-state index in [1.807, 2.05) is 13.0 Å². The minimum absolute atomic E-state index is 0.330. The van der Waals surface area contributed by atoms with Gasteiger partial charge in [0.25, 0.3) is 5.91 Å². The first-order valence-corrected chi connectivity index (χ1v) is 9.14. The van der Waals surface area contributed by atoms with Gasteiger partial charge in [-0.05, 0) is 49.4 Å². The van der Waals surface area contributed by atoms with Gasteiger partial charge < -0.3 is 4.74 Å². The van der Waals surface area contributed by atoms with Crippen LogP contribution < -0.4 is 10.2 Å². The largest absolute Gasteiger partial charge is 0.422 e. The van der Waals surface area contributed by atoms with Crippen molar-refractivity contribution in [3.63, 3.8) is 0 Å². The lowest BCUT2D eigenvalue weighted by Crippen LogP contribution is -2.17. The van der Waals surface area contributed by atoms with Gasteiger partial charge in [-0.2, -0.15) is 5.10 Å². The molecule has 2 aromatic carbocycles. The Morgan fingerprint density at radius 3 is 2.61 bits per heavy atom. The van der Waals surface area contributed by atoms with Crippen LogP contribution in [0.15, 0.2) is 76.6 Å². The maximum atomic E-state index is 12.4. The number of pyridine rings is 1. The van der Waals surface area contributed by atoms with E-state index in [1.165, 1.54) is 18.6 Å². The molecule has 0 aliphatic carbocycles. The van der Waals surface area contributed by atoms with E-state index < -0.39 is 5.97 Å². The summed E-state index contributed by atoms with van der Waals surface area (Å²) in [7, 11) is 0. The van der Waals surface area contributed by atoms with Gasteiger partial charge in [0.05, 0.1) is 11.8 Å². The van der Waals surface area contributed by atoms with E-state index in [0.29, 0.717) is 22.4 Å². The van der Waals surface area contributed by atoms with Crippen LogP contribution in [0.4, 0.5) is 0 Å². The van der Waals surface area contributed by atoms with Crippen LogP contribution in [-0.4, -0.2) is 23.1 Å². The number of ether oxygens (including phenoxy) is 1. The number of hydrazone groups is 1. The van der Waals surface area contributed by atoms with E-state index in [9.17, 15) is 9.59 Å². The normalized spacial score (nSPS) is 10.6. The molecule has 140 valence electrons. The topological polar surface area (TPSA) is 80.6 Å². The number of esters is 1. The molecule has 0 bridgehead atoms. The highest BCUT2D eigenvalue weighted by Gasteiger charge is 2.12. The number of hydrogen-bond acceptors (Lipinski definition) is 5. The van der Waals surface area contributed by atoms with Crippen molar-refractivity contribution in [3.8, 4) is 5.75 Å². The van der Waals surface area contributed by atoms with Crippen molar-refractivity contribution in [2.24, 2.45) is 5.10 Å². The number of hydrogen-bond donors (Lipinski definition) is 1. The van der Waals surface area contributed by atoms with Crippen LogP contribution >= 0.6 is 15.9 Å². The van der Waals surface area contributed by atoms with Crippen molar-refractivity contribution in [1.82, 2.24) is 10.4 Å². The number of aromatic nitrogens is 1. The molecule has 1 N–H and O–H groups in total. The molecule has 0 saturated carbocycles. The fourth-order valence-electron chi connectivity index (χ4n) is 2.37. The molecule has 0 aliphatic heterocycles. The lowest BCUT2D eigenvalue weighted by atomic mass is 10.1. The summed E-state index contributed by atoms with van der Waals surface area (Å²) < 4.78 is 6.29. The predicted octanol–water partition coefficient (Wildman–Crippen LogP) is 4.14. The molecule has 0 aliphatic rings. The van der Waals surface area contributed by atoms with Crippen LogP contribution in [0.5, 0.6) is 5.75 Å². The fourth-order valence-corrected chi connectivity index (χ4v) is 2.75. The lowest BCUT2D eigenvalue weighted by Gasteiger charge is -2.08. The van der Waals surface area contributed by atoms with Gasteiger partial charge in [-0.3, -0.25) is 9.78 Å². The first-order valence-electron chi connectivity index (χ1n) is 8.35. The summed E-state index contributed by atoms with van der Waals surface area (Å²) in [6, 6.07) is 15.5. The van der Waals surface area contributed by atoms with E-state index in [1.54, 1.807) is 48.5 Å². The monoisotopic (exact) mass is 437 g/mol. The Morgan fingerprint density at radius 2 is 1.86 bits per heavy atom. The third kappa shape index (κ3) is 5.11. The Hall–Kier alpha value is -3.32. The van der Waals surface area contributed by atoms with Gasteiger partial charge in [0.2, 0.25) is 0 Å². The quantitative estimate of drug-likeness (QED) is 0.281. The zero-order valence-corrected chi connectivity index (χ0v) is 16.5. The Kier molecular flexibility index (Phi) is 6.29. The molecule has 3 aromatic rings. The van der Waals surface area contributed by atoms with Gasteiger partial charge in [-0.15, -0.1) is 0 Å². The van der Waals surface area contributed by atoms with Crippen molar-refractivity contribution in [3.05, 3.63) is 93.7 Å². The molecule has 0 radical (unpaired) electrons. The molecule has 28 heavy (non-hydrogen) atoms. The molecule has 6 nitrogen and oxygen atoms in total. The second-order valence-electron chi connectivity index (χ2n) is 5.88. The standard InChI is InChI=1S/C21H16BrN3O3/c1-14-3-2-4-16(11-14)21(27)28-19-6-5-18(22)12-17(19)13-24-25-20(26)15-7-9-23-10-8-15/h2-13H,1H3,(H,25,26)/b24-13-. The minimum Gasteiger partial charge on any atom is -0.422 e. The van der Waals surface area contributed by atoms with E-state index in [0.717, 1.165) is 10.0 Å². The molecule has 0 fully saturated rings. The first kappa shape index (κ1) is 19.4. The van der Waals surface area contributed by atoms with Crippen molar-refractivity contribution in [2.45, 2.75) is 6.92 Å². The summed E-state index contributed by atoms with van der Waals surface area (Å²) >= 11 is 3.38. The number of nitrogens with one attached hydrogen (secondary N) is 1. The lowest BCUT2D eigenvalue weighted by molar-refractivity contribution is 0.0734. The average molecular weight is 438 g/mol. The Morgan fingerprint density at radius 1 is 1.07 bits per heavy atom. The molecule has 3 rings (SSSR count). The number of halogens is 1. The fraction of sp³-hybridized carbons (Fsp3) is 0.0476. The number of benzene rings is 2. The van der Waals surface area contributed by atoms with Crippen LogP contribution in [0, 0.1) is 6.92 Å². The molecule has 1 aromatic heterocycles. The molecule has 1 heterocycles. The van der Waals surface area contributed by atoms with Crippen molar-refractivity contribution in [2.75, 3.05) is 0 Å². The molecular formula is C21H16BrN3O3. The summed E-state index contributed by atoms with van der Waals surface area (Å²) in [6.45, 7) is 1.90.